The molecular formula is C16H24N2. The molecule has 2 nitrogen and oxygen atoms in total. The summed E-state index contributed by atoms with van der Waals surface area (Å²) in [4.78, 5) is 6.80. The molecule has 1 saturated carbocycles. The molecule has 2 heterocycles. The fourth-order valence-electron chi connectivity index (χ4n) is 3.66. The first-order chi connectivity index (χ1) is 8.90. The van der Waals surface area contributed by atoms with Gasteiger partial charge in [0.25, 0.3) is 0 Å². The van der Waals surface area contributed by atoms with Crippen LogP contribution >= 0.6 is 0 Å². The lowest BCUT2D eigenvalue weighted by Gasteiger charge is -2.20. The highest BCUT2D eigenvalue weighted by Gasteiger charge is 2.25. The molecule has 2 fully saturated rings. The number of likely N-dealkylation sites (tertiary alicyclic amines) is 1. The van der Waals surface area contributed by atoms with Crippen molar-refractivity contribution in [2.75, 3.05) is 19.6 Å². The molecule has 1 unspecified atom stereocenters. The smallest absolute Gasteiger partial charge is 0.0270 e. The summed E-state index contributed by atoms with van der Waals surface area (Å²) in [6.07, 6.45) is 12.4. The van der Waals surface area contributed by atoms with E-state index in [2.05, 4.69) is 22.0 Å². The molecule has 2 heteroatoms. The summed E-state index contributed by atoms with van der Waals surface area (Å²) in [5.41, 5.74) is 1.46. The molecule has 1 atom stereocenters. The van der Waals surface area contributed by atoms with Gasteiger partial charge in [-0.05, 0) is 61.8 Å². The second kappa shape index (κ2) is 5.83. The van der Waals surface area contributed by atoms with E-state index in [4.69, 9.17) is 0 Å². The van der Waals surface area contributed by atoms with Crippen molar-refractivity contribution in [2.24, 2.45) is 11.8 Å². The van der Waals surface area contributed by atoms with Crippen molar-refractivity contribution in [2.45, 2.75) is 38.5 Å². The van der Waals surface area contributed by atoms with Gasteiger partial charge in [-0.15, -0.1) is 0 Å². The third-order valence-electron chi connectivity index (χ3n) is 4.63. The van der Waals surface area contributed by atoms with E-state index in [0.29, 0.717) is 0 Å². The van der Waals surface area contributed by atoms with E-state index < -0.39 is 0 Å². The Balaban J connectivity index is 1.46. The molecule has 1 aliphatic heterocycles. The van der Waals surface area contributed by atoms with Crippen LogP contribution in [0.3, 0.4) is 0 Å². The summed E-state index contributed by atoms with van der Waals surface area (Å²) in [5.74, 6) is 1.87. The predicted molar refractivity (Wildman–Crippen MR) is 74.4 cm³/mol. The van der Waals surface area contributed by atoms with Crippen molar-refractivity contribution in [3.05, 3.63) is 30.1 Å². The van der Waals surface area contributed by atoms with Gasteiger partial charge >= 0.3 is 0 Å². The van der Waals surface area contributed by atoms with Gasteiger partial charge in [0.05, 0.1) is 0 Å². The highest BCUT2D eigenvalue weighted by Crippen LogP contribution is 2.28. The molecule has 2 aliphatic rings. The van der Waals surface area contributed by atoms with Crippen LogP contribution in [0.15, 0.2) is 24.5 Å². The van der Waals surface area contributed by atoms with Crippen LogP contribution in [0.25, 0.3) is 0 Å². The van der Waals surface area contributed by atoms with Gasteiger partial charge in [-0.2, -0.15) is 0 Å². The molecule has 1 aromatic heterocycles. The van der Waals surface area contributed by atoms with Crippen LogP contribution in [0.5, 0.6) is 0 Å². The van der Waals surface area contributed by atoms with Gasteiger partial charge in [0.1, 0.15) is 0 Å². The fourth-order valence-corrected chi connectivity index (χ4v) is 3.66. The van der Waals surface area contributed by atoms with Gasteiger partial charge in [0.15, 0.2) is 0 Å². The zero-order valence-electron chi connectivity index (χ0n) is 11.2. The molecule has 0 radical (unpaired) electrons. The zero-order valence-corrected chi connectivity index (χ0v) is 11.2. The first-order valence-corrected chi connectivity index (χ1v) is 7.51. The normalized spacial score (nSPS) is 25.9. The molecule has 0 aromatic carbocycles. The summed E-state index contributed by atoms with van der Waals surface area (Å²) >= 11 is 0. The molecule has 0 spiro atoms. The van der Waals surface area contributed by atoms with Crippen molar-refractivity contribution in [1.29, 1.82) is 0 Å². The Bertz CT molecular complexity index is 357. The minimum atomic E-state index is 0.869. The number of pyridine rings is 1. The van der Waals surface area contributed by atoms with Crippen molar-refractivity contribution >= 4 is 0 Å². The molecule has 98 valence electrons. The molecule has 0 bridgehead atoms. The number of nitrogens with zero attached hydrogens (tertiary/aromatic N) is 2. The highest BCUT2D eigenvalue weighted by atomic mass is 15.1. The largest absolute Gasteiger partial charge is 0.303 e. The molecular weight excluding hydrogens is 220 g/mol. The van der Waals surface area contributed by atoms with Gasteiger partial charge in [0, 0.05) is 25.5 Å². The van der Waals surface area contributed by atoms with Crippen molar-refractivity contribution < 1.29 is 0 Å². The van der Waals surface area contributed by atoms with Crippen molar-refractivity contribution in [1.82, 2.24) is 9.88 Å². The molecule has 0 N–H and O–H groups in total. The molecule has 1 aromatic rings. The fraction of sp³-hybridized carbons (Fsp3) is 0.688. The SMILES string of the molecule is c1cc(CC2CCN(CC3CCCC3)C2)ccn1. The van der Waals surface area contributed by atoms with Crippen LogP contribution in [0, 0.1) is 11.8 Å². The average Bonchev–Trinajstić information content (AvgIpc) is 3.03. The minimum Gasteiger partial charge on any atom is -0.303 e. The number of hydrogen-bond donors (Lipinski definition) is 0. The third kappa shape index (κ3) is 3.11. The van der Waals surface area contributed by atoms with Gasteiger partial charge in [-0.25, -0.2) is 0 Å². The average molecular weight is 244 g/mol. The predicted octanol–water partition coefficient (Wildman–Crippen LogP) is 3.14. The summed E-state index contributed by atoms with van der Waals surface area (Å²) in [6, 6.07) is 4.33. The topological polar surface area (TPSA) is 16.1 Å². The van der Waals surface area contributed by atoms with Crippen molar-refractivity contribution in [3.63, 3.8) is 0 Å². The summed E-state index contributed by atoms with van der Waals surface area (Å²) in [6.45, 7) is 4.01. The highest BCUT2D eigenvalue weighted by molar-refractivity contribution is 5.11. The molecule has 0 amide bonds. The van der Waals surface area contributed by atoms with E-state index in [-0.39, 0.29) is 0 Å². The van der Waals surface area contributed by atoms with Crippen LogP contribution in [-0.2, 0) is 6.42 Å². The van der Waals surface area contributed by atoms with Crippen LogP contribution < -0.4 is 0 Å². The van der Waals surface area contributed by atoms with Gasteiger partial charge in [0.2, 0.25) is 0 Å². The van der Waals surface area contributed by atoms with Gasteiger partial charge in [-0.3, -0.25) is 4.98 Å². The quantitative estimate of drug-likeness (QED) is 0.809. The molecule has 3 rings (SSSR count). The van der Waals surface area contributed by atoms with Crippen molar-refractivity contribution in [3.8, 4) is 0 Å². The summed E-state index contributed by atoms with van der Waals surface area (Å²) < 4.78 is 0. The maximum Gasteiger partial charge on any atom is 0.0270 e. The van der Waals surface area contributed by atoms with E-state index in [1.807, 2.05) is 12.4 Å². The maximum atomic E-state index is 4.09. The Morgan fingerprint density at radius 1 is 1.06 bits per heavy atom. The number of rotatable bonds is 4. The Labute approximate surface area is 110 Å². The maximum absolute atomic E-state index is 4.09. The summed E-state index contributed by atoms with van der Waals surface area (Å²) in [5, 5.41) is 0. The Morgan fingerprint density at radius 3 is 2.61 bits per heavy atom. The van der Waals surface area contributed by atoms with E-state index in [0.717, 1.165) is 11.8 Å². The number of aromatic nitrogens is 1. The van der Waals surface area contributed by atoms with Crippen LogP contribution in [0.4, 0.5) is 0 Å². The standard InChI is InChI=1S/C16H24N2/c1-2-4-15(3-1)12-18-10-7-16(13-18)11-14-5-8-17-9-6-14/h5-6,8-9,15-16H,1-4,7,10-13H2. The van der Waals surface area contributed by atoms with Crippen LogP contribution in [0.1, 0.15) is 37.7 Å². The minimum absolute atomic E-state index is 0.869. The molecule has 1 aliphatic carbocycles. The lowest BCUT2D eigenvalue weighted by atomic mass is 9.99. The Kier molecular flexibility index (Phi) is 3.94. The number of hydrogen-bond acceptors (Lipinski definition) is 2. The second-order valence-corrected chi connectivity index (χ2v) is 6.12. The molecule has 1 saturated heterocycles. The van der Waals surface area contributed by atoms with E-state index in [9.17, 15) is 0 Å². The first-order valence-electron chi connectivity index (χ1n) is 7.51. The second-order valence-electron chi connectivity index (χ2n) is 6.12. The van der Waals surface area contributed by atoms with Crippen LogP contribution in [0.2, 0.25) is 0 Å². The van der Waals surface area contributed by atoms with E-state index in [1.54, 1.807) is 0 Å². The lowest BCUT2D eigenvalue weighted by Crippen LogP contribution is -2.26. The lowest BCUT2D eigenvalue weighted by molar-refractivity contribution is 0.270. The van der Waals surface area contributed by atoms with Gasteiger partial charge < -0.3 is 4.90 Å². The van der Waals surface area contributed by atoms with Crippen LogP contribution in [-0.4, -0.2) is 29.5 Å². The summed E-state index contributed by atoms with van der Waals surface area (Å²) in [7, 11) is 0. The van der Waals surface area contributed by atoms with Gasteiger partial charge in [-0.1, -0.05) is 12.8 Å². The van der Waals surface area contributed by atoms with E-state index in [1.165, 1.54) is 63.7 Å². The Morgan fingerprint density at radius 2 is 1.83 bits per heavy atom. The zero-order chi connectivity index (χ0) is 12.2. The third-order valence-corrected chi connectivity index (χ3v) is 4.63. The monoisotopic (exact) mass is 244 g/mol. The Hall–Kier alpha value is -0.890. The molecule has 18 heavy (non-hydrogen) atoms. The van der Waals surface area contributed by atoms with E-state index >= 15 is 0 Å². The first kappa shape index (κ1) is 12.2.